The molecule has 0 atom stereocenters. The minimum absolute atomic E-state index is 0.494. The van der Waals surface area contributed by atoms with Gasteiger partial charge in [-0.2, -0.15) is 0 Å². The Hall–Kier alpha value is -7.50. The van der Waals surface area contributed by atoms with Crippen LogP contribution in [0.5, 0.6) is 0 Å². The molecule has 11 aromatic rings. The highest BCUT2D eigenvalue weighted by atomic mass is 16.4. The molecule has 0 aliphatic heterocycles. The zero-order valence-corrected chi connectivity index (χ0v) is 29.7. The standard InChI is InChI=1S/C50H32N4O/c1-4-12-33(13-5-1)36-22-27-47-43(30-36)44-32-38(37-23-28-46-42(31-37)41-18-10-11-19-45(41)53(46)39-16-8-3-9-17-39)24-29-48(44)54(47)40-25-20-35(21-26-40)50-52-51-49(55-50)34-14-6-2-7-15-34/h1-32H. The molecule has 0 saturated heterocycles. The lowest BCUT2D eigenvalue weighted by atomic mass is 9.99. The van der Waals surface area contributed by atoms with Crippen LogP contribution in [-0.4, -0.2) is 19.3 Å². The topological polar surface area (TPSA) is 48.8 Å². The van der Waals surface area contributed by atoms with E-state index in [9.17, 15) is 0 Å². The highest BCUT2D eigenvalue weighted by Gasteiger charge is 2.18. The summed E-state index contributed by atoms with van der Waals surface area (Å²) in [7, 11) is 0. The Balaban J connectivity index is 1.06. The molecule has 5 nitrogen and oxygen atoms in total. The first-order valence-electron chi connectivity index (χ1n) is 18.5. The highest BCUT2D eigenvalue weighted by molar-refractivity contribution is 6.13. The summed E-state index contributed by atoms with van der Waals surface area (Å²) in [5, 5.41) is 13.6. The van der Waals surface area contributed by atoms with Crippen molar-refractivity contribution in [3.63, 3.8) is 0 Å². The van der Waals surface area contributed by atoms with Crippen molar-refractivity contribution in [2.45, 2.75) is 0 Å². The predicted octanol–water partition coefficient (Wildman–Crippen LogP) is 12.9. The quantitative estimate of drug-likeness (QED) is 0.173. The van der Waals surface area contributed by atoms with Gasteiger partial charge < -0.3 is 13.6 Å². The molecule has 11 rings (SSSR count). The first kappa shape index (κ1) is 31.1. The largest absolute Gasteiger partial charge is 0.416 e. The molecule has 0 fully saturated rings. The third-order valence-electron chi connectivity index (χ3n) is 10.7. The van der Waals surface area contributed by atoms with Crippen LogP contribution in [0.1, 0.15) is 0 Å². The van der Waals surface area contributed by atoms with E-state index in [-0.39, 0.29) is 0 Å². The van der Waals surface area contributed by atoms with Crippen LogP contribution in [0.4, 0.5) is 0 Å². The van der Waals surface area contributed by atoms with Crippen LogP contribution in [0.25, 0.3) is 100 Å². The molecule has 258 valence electrons. The smallest absolute Gasteiger partial charge is 0.248 e. The van der Waals surface area contributed by atoms with Gasteiger partial charge in [0.2, 0.25) is 11.8 Å². The molecule has 5 heteroatoms. The van der Waals surface area contributed by atoms with E-state index in [0.717, 1.165) is 33.5 Å². The molecule has 0 amide bonds. The summed E-state index contributed by atoms with van der Waals surface area (Å²) >= 11 is 0. The van der Waals surface area contributed by atoms with E-state index in [2.05, 4.69) is 183 Å². The molecule has 3 heterocycles. The Kier molecular flexibility index (Phi) is 7.10. The number of hydrogen-bond donors (Lipinski definition) is 0. The summed E-state index contributed by atoms with van der Waals surface area (Å²) < 4.78 is 10.8. The van der Waals surface area contributed by atoms with Crippen LogP contribution >= 0.6 is 0 Å². The second-order valence-electron chi connectivity index (χ2n) is 13.9. The van der Waals surface area contributed by atoms with Gasteiger partial charge in [0.15, 0.2) is 0 Å². The monoisotopic (exact) mass is 704 g/mol. The van der Waals surface area contributed by atoms with Gasteiger partial charge in [-0.3, -0.25) is 0 Å². The number of aromatic nitrogens is 4. The SMILES string of the molecule is c1ccc(-c2ccc3c(c2)c2cc(-c4ccc5c(c4)c4ccccc4n5-c4ccccc4)ccc2n3-c2ccc(-c3nnc(-c4ccccc4)o3)cc2)cc1. The average molecular weight is 705 g/mol. The van der Waals surface area contributed by atoms with Gasteiger partial charge >= 0.3 is 0 Å². The number of fused-ring (bicyclic) bond motifs is 6. The van der Waals surface area contributed by atoms with Crippen molar-refractivity contribution in [3.8, 4) is 56.5 Å². The van der Waals surface area contributed by atoms with Crippen molar-refractivity contribution in [1.82, 2.24) is 19.3 Å². The predicted molar refractivity (Wildman–Crippen MR) is 225 cm³/mol. The maximum atomic E-state index is 6.08. The summed E-state index contributed by atoms with van der Waals surface area (Å²) in [4.78, 5) is 0. The molecule has 0 radical (unpaired) electrons. The Bertz CT molecular complexity index is 3180. The summed E-state index contributed by atoms with van der Waals surface area (Å²) in [5.41, 5.74) is 13.4. The van der Waals surface area contributed by atoms with Crippen molar-refractivity contribution in [1.29, 1.82) is 0 Å². The Morgan fingerprint density at radius 1 is 0.291 bits per heavy atom. The summed E-state index contributed by atoms with van der Waals surface area (Å²) in [5.74, 6) is 1.00. The van der Waals surface area contributed by atoms with Crippen molar-refractivity contribution >= 4 is 43.6 Å². The summed E-state index contributed by atoms with van der Waals surface area (Å²) in [6, 6.07) is 68.7. The first-order chi connectivity index (χ1) is 27.3. The van der Waals surface area contributed by atoms with Crippen molar-refractivity contribution in [2.24, 2.45) is 0 Å². The van der Waals surface area contributed by atoms with E-state index >= 15 is 0 Å². The van der Waals surface area contributed by atoms with E-state index < -0.39 is 0 Å². The molecule has 0 saturated carbocycles. The lowest BCUT2D eigenvalue weighted by Crippen LogP contribution is -1.94. The Labute approximate surface area is 317 Å². The number of nitrogens with zero attached hydrogens (tertiary/aromatic N) is 4. The van der Waals surface area contributed by atoms with Crippen molar-refractivity contribution in [3.05, 3.63) is 194 Å². The van der Waals surface area contributed by atoms with Crippen LogP contribution in [0.15, 0.2) is 199 Å². The molecule has 8 aromatic carbocycles. The van der Waals surface area contributed by atoms with Gasteiger partial charge in [-0.15, -0.1) is 10.2 Å². The van der Waals surface area contributed by atoms with Gasteiger partial charge in [0.05, 0.1) is 22.1 Å². The molecule has 0 aliphatic carbocycles. The lowest BCUT2D eigenvalue weighted by molar-refractivity contribution is 0.584. The van der Waals surface area contributed by atoms with Crippen molar-refractivity contribution < 1.29 is 4.42 Å². The van der Waals surface area contributed by atoms with Crippen LogP contribution in [0.3, 0.4) is 0 Å². The normalized spacial score (nSPS) is 11.6. The minimum atomic E-state index is 0.494. The second-order valence-corrected chi connectivity index (χ2v) is 13.9. The lowest BCUT2D eigenvalue weighted by Gasteiger charge is -2.10. The third-order valence-corrected chi connectivity index (χ3v) is 10.7. The van der Waals surface area contributed by atoms with Gasteiger partial charge in [-0.1, -0.05) is 103 Å². The molecular formula is C50H32N4O. The molecule has 55 heavy (non-hydrogen) atoms. The average Bonchev–Trinajstić information content (AvgIpc) is 3.97. The van der Waals surface area contributed by atoms with Gasteiger partial charge in [0.1, 0.15) is 0 Å². The maximum Gasteiger partial charge on any atom is 0.248 e. The third kappa shape index (κ3) is 5.17. The number of benzene rings is 8. The number of hydrogen-bond acceptors (Lipinski definition) is 3. The Morgan fingerprint density at radius 2 is 0.673 bits per heavy atom. The van der Waals surface area contributed by atoms with E-state index in [1.165, 1.54) is 54.8 Å². The van der Waals surface area contributed by atoms with E-state index in [1.54, 1.807) is 0 Å². The first-order valence-corrected chi connectivity index (χ1v) is 18.5. The zero-order chi connectivity index (χ0) is 36.3. The summed E-state index contributed by atoms with van der Waals surface area (Å²) in [6.45, 7) is 0. The zero-order valence-electron chi connectivity index (χ0n) is 29.7. The van der Waals surface area contributed by atoms with Crippen molar-refractivity contribution in [2.75, 3.05) is 0 Å². The molecule has 3 aromatic heterocycles. The molecular weight excluding hydrogens is 673 g/mol. The minimum Gasteiger partial charge on any atom is -0.416 e. The fourth-order valence-electron chi connectivity index (χ4n) is 8.09. The van der Waals surface area contributed by atoms with Crippen LogP contribution in [0, 0.1) is 0 Å². The fourth-order valence-corrected chi connectivity index (χ4v) is 8.09. The highest BCUT2D eigenvalue weighted by Crippen LogP contribution is 2.39. The molecule has 0 unspecified atom stereocenters. The Morgan fingerprint density at radius 3 is 1.24 bits per heavy atom. The van der Waals surface area contributed by atoms with Gasteiger partial charge in [0.25, 0.3) is 0 Å². The summed E-state index contributed by atoms with van der Waals surface area (Å²) in [6.07, 6.45) is 0. The van der Waals surface area contributed by atoms with Crippen LogP contribution < -0.4 is 0 Å². The molecule has 0 N–H and O–H groups in total. The van der Waals surface area contributed by atoms with Gasteiger partial charge in [-0.25, -0.2) is 0 Å². The molecule has 0 spiro atoms. The van der Waals surface area contributed by atoms with E-state index in [0.29, 0.717) is 11.8 Å². The van der Waals surface area contributed by atoms with Gasteiger partial charge in [0, 0.05) is 44.0 Å². The number of rotatable bonds is 6. The second kappa shape index (κ2) is 12.6. The van der Waals surface area contributed by atoms with E-state index in [4.69, 9.17) is 4.42 Å². The van der Waals surface area contributed by atoms with E-state index in [1.807, 2.05) is 30.3 Å². The van der Waals surface area contributed by atoms with Crippen LogP contribution in [0.2, 0.25) is 0 Å². The fraction of sp³-hybridized carbons (Fsp3) is 0. The maximum absolute atomic E-state index is 6.08. The molecule has 0 bridgehead atoms. The van der Waals surface area contributed by atoms with Gasteiger partial charge in [-0.05, 0) is 113 Å². The molecule has 0 aliphatic rings. The number of para-hydroxylation sites is 2. The van der Waals surface area contributed by atoms with Crippen LogP contribution in [-0.2, 0) is 0 Å².